The molecule has 5 nitrogen and oxygen atoms in total. The highest BCUT2D eigenvalue weighted by molar-refractivity contribution is 6.31. The third kappa shape index (κ3) is 3.75. The second-order valence-electron chi connectivity index (χ2n) is 5.22. The predicted octanol–water partition coefficient (Wildman–Crippen LogP) is 3.08. The number of hydrogen-bond acceptors (Lipinski definition) is 3. The summed E-state index contributed by atoms with van der Waals surface area (Å²) in [5, 5.41) is 3.33. The number of oxazole rings is 1. The number of amides is 1. The van der Waals surface area contributed by atoms with E-state index in [4.69, 9.17) is 16.0 Å². The van der Waals surface area contributed by atoms with Crippen LogP contribution >= 0.6 is 11.6 Å². The van der Waals surface area contributed by atoms with Crippen LogP contribution in [0.3, 0.4) is 0 Å². The number of hydrogen-bond donors (Lipinski definition) is 1. The highest BCUT2D eigenvalue weighted by atomic mass is 35.5. The summed E-state index contributed by atoms with van der Waals surface area (Å²) in [6.07, 6.45) is 1.53. The van der Waals surface area contributed by atoms with Gasteiger partial charge in [-0.2, -0.15) is 0 Å². The fraction of sp³-hybridized carbons (Fsp3) is 0.111. The van der Waals surface area contributed by atoms with E-state index in [0.717, 1.165) is 11.1 Å². The summed E-state index contributed by atoms with van der Waals surface area (Å²) < 4.78 is 6.43. The third-order valence-corrected chi connectivity index (χ3v) is 3.88. The monoisotopic (exact) mass is 342 g/mol. The lowest BCUT2D eigenvalue weighted by Gasteiger charge is -2.06. The number of halogens is 1. The van der Waals surface area contributed by atoms with Gasteiger partial charge in [0.1, 0.15) is 6.54 Å². The normalized spacial score (nSPS) is 10.5. The van der Waals surface area contributed by atoms with Crippen LogP contribution in [0.15, 0.2) is 70.0 Å². The Morgan fingerprint density at radius 2 is 1.79 bits per heavy atom. The van der Waals surface area contributed by atoms with E-state index in [1.165, 1.54) is 10.8 Å². The molecule has 0 aliphatic rings. The van der Waals surface area contributed by atoms with Crippen molar-refractivity contribution in [2.45, 2.75) is 13.1 Å². The summed E-state index contributed by atoms with van der Waals surface area (Å²) in [5.74, 6) is -0.432. The van der Waals surface area contributed by atoms with Crippen LogP contribution < -0.4 is 11.1 Å². The molecule has 1 amide bonds. The smallest absolute Gasteiger partial charge is 0.408 e. The van der Waals surface area contributed by atoms with E-state index in [1.807, 2.05) is 48.5 Å². The first kappa shape index (κ1) is 16.1. The largest absolute Gasteiger partial charge is 0.419 e. The minimum atomic E-state index is -0.568. The van der Waals surface area contributed by atoms with Gasteiger partial charge in [-0.25, -0.2) is 4.79 Å². The van der Waals surface area contributed by atoms with Gasteiger partial charge in [0.15, 0.2) is 5.76 Å². The fourth-order valence-corrected chi connectivity index (χ4v) is 2.47. The van der Waals surface area contributed by atoms with Crippen LogP contribution in [-0.2, 0) is 17.9 Å². The molecule has 6 heteroatoms. The van der Waals surface area contributed by atoms with Gasteiger partial charge in [0.25, 0.3) is 0 Å². The van der Waals surface area contributed by atoms with Crippen LogP contribution in [0.2, 0.25) is 5.02 Å². The Morgan fingerprint density at radius 1 is 1.08 bits per heavy atom. The molecule has 0 saturated carbocycles. The van der Waals surface area contributed by atoms with Gasteiger partial charge in [0, 0.05) is 17.1 Å². The first-order valence-corrected chi connectivity index (χ1v) is 7.77. The van der Waals surface area contributed by atoms with E-state index >= 15 is 0 Å². The predicted molar refractivity (Wildman–Crippen MR) is 91.7 cm³/mol. The minimum absolute atomic E-state index is 0.111. The number of aromatic nitrogens is 1. The number of benzene rings is 2. The summed E-state index contributed by atoms with van der Waals surface area (Å²) in [4.78, 5) is 23.9. The maximum absolute atomic E-state index is 12.0. The quantitative estimate of drug-likeness (QED) is 0.775. The third-order valence-electron chi connectivity index (χ3n) is 3.51. The Kier molecular flexibility index (Phi) is 4.82. The Bertz CT molecular complexity index is 900. The lowest BCUT2D eigenvalue weighted by molar-refractivity contribution is -0.121. The van der Waals surface area contributed by atoms with E-state index in [1.54, 1.807) is 6.07 Å². The molecule has 24 heavy (non-hydrogen) atoms. The maximum Gasteiger partial charge on any atom is 0.419 e. The van der Waals surface area contributed by atoms with Crippen molar-refractivity contribution in [1.82, 2.24) is 9.88 Å². The van der Waals surface area contributed by atoms with Crippen LogP contribution in [0.25, 0.3) is 11.3 Å². The van der Waals surface area contributed by atoms with Gasteiger partial charge in [-0.05, 0) is 11.6 Å². The van der Waals surface area contributed by atoms with Crippen LogP contribution in [0, 0.1) is 0 Å². The summed E-state index contributed by atoms with van der Waals surface area (Å²) >= 11 is 6.04. The summed E-state index contributed by atoms with van der Waals surface area (Å²) in [7, 11) is 0. The van der Waals surface area contributed by atoms with Gasteiger partial charge < -0.3 is 9.73 Å². The van der Waals surface area contributed by atoms with Gasteiger partial charge in [0.05, 0.1) is 6.20 Å². The average Bonchev–Trinajstić information content (AvgIpc) is 2.96. The van der Waals surface area contributed by atoms with Crippen molar-refractivity contribution in [2.75, 3.05) is 0 Å². The van der Waals surface area contributed by atoms with E-state index in [2.05, 4.69) is 5.32 Å². The number of rotatable bonds is 5. The molecule has 0 fully saturated rings. The molecule has 0 unspecified atom stereocenters. The van der Waals surface area contributed by atoms with E-state index in [9.17, 15) is 9.59 Å². The van der Waals surface area contributed by atoms with Crippen molar-refractivity contribution in [3.8, 4) is 11.3 Å². The second kappa shape index (κ2) is 7.19. The molecule has 0 spiro atoms. The molecule has 0 aliphatic heterocycles. The molecule has 1 heterocycles. The first-order valence-electron chi connectivity index (χ1n) is 7.39. The zero-order valence-electron chi connectivity index (χ0n) is 12.7. The lowest BCUT2D eigenvalue weighted by Crippen LogP contribution is -2.30. The zero-order chi connectivity index (χ0) is 16.9. The van der Waals surface area contributed by atoms with E-state index in [-0.39, 0.29) is 12.5 Å². The Labute approximate surface area is 143 Å². The first-order chi connectivity index (χ1) is 11.6. The standard InChI is InChI=1S/C18H15ClN2O3/c19-15-9-5-4-8-14(15)10-20-17(22)12-21-11-16(24-18(21)23)13-6-2-1-3-7-13/h1-9,11H,10,12H2,(H,20,22). The number of carbonyl (C=O) groups excluding carboxylic acids is 1. The molecule has 0 saturated heterocycles. The Hall–Kier alpha value is -2.79. The van der Waals surface area contributed by atoms with Crippen LogP contribution in [-0.4, -0.2) is 10.5 Å². The van der Waals surface area contributed by atoms with Crippen LogP contribution in [0.5, 0.6) is 0 Å². The summed E-state index contributed by atoms with van der Waals surface area (Å²) in [5.41, 5.74) is 1.60. The van der Waals surface area contributed by atoms with E-state index in [0.29, 0.717) is 17.3 Å². The zero-order valence-corrected chi connectivity index (χ0v) is 13.5. The Morgan fingerprint density at radius 3 is 2.54 bits per heavy atom. The molecule has 2 aromatic carbocycles. The van der Waals surface area contributed by atoms with Gasteiger partial charge >= 0.3 is 5.76 Å². The molecule has 0 aliphatic carbocycles. The van der Waals surface area contributed by atoms with Gasteiger partial charge in [0.2, 0.25) is 5.91 Å². The SMILES string of the molecule is O=C(Cn1cc(-c2ccccc2)oc1=O)NCc1ccccc1Cl. The fourth-order valence-electron chi connectivity index (χ4n) is 2.27. The molecule has 0 atom stereocenters. The van der Waals surface area contributed by atoms with Crippen LogP contribution in [0.4, 0.5) is 0 Å². The molecule has 1 aromatic heterocycles. The molecule has 0 radical (unpaired) electrons. The van der Waals surface area contributed by atoms with Crippen molar-refractivity contribution in [2.24, 2.45) is 0 Å². The number of carbonyl (C=O) groups is 1. The van der Waals surface area contributed by atoms with Gasteiger partial charge in [-0.3, -0.25) is 9.36 Å². The topological polar surface area (TPSA) is 64.2 Å². The van der Waals surface area contributed by atoms with Crippen molar-refractivity contribution < 1.29 is 9.21 Å². The molecule has 3 aromatic rings. The number of nitrogens with zero attached hydrogens (tertiary/aromatic N) is 1. The van der Waals surface area contributed by atoms with Crippen molar-refractivity contribution >= 4 is 17.5 Å². The van der Waals surface area contributed by atoms with Crippen molar-refractivity contribution in [1.29, 1.82) is 0 Å². The molecule has 122 valence electrons. The molecular formula is C18H15ClN2O3. The van der Waals surface area contributed by atoms with Crippen LogP contribution in [0.1, 0.15) is 5.56 Å². The molecular weight excluding hydrogens is 328 g/mol. The van der Waals surface area contributed by atoms with Gasteiger partial charge in [-0.1, -0.05) is 60.1 Å². The van der Waals surface area contributed by atoms with Crippen molar-refractivity contribution in [3.63, 3.8) is 0 Å². The number of nitrogens with one attached hydrogen (secondary N) is 1. The Balaban J connectivity index is 1.66. The highest BCUT2D eigenvalue weighted by Crippen LogP contribution is 2.17. The van der Waals surface area contributed by atoms with Gasteiger partial charge in [-0.15, -0.1) is 0 Å². The summed E-state index contributed by atoms with van der Waals surface area (Å²) in [6, 6.07) is 16.5. The average molecular weight is 343 g/mol. The van der Waals surface area contributed by atoms with Crippen molar-refractivity contribution in [3.05, 3.63) is 81.9 Å². The minimum Gasteiger partial charge on any atom is -0.408 e. The second-order valence-corrected chi connectivity index (χ2v) is 5.63. The molecule has 1 N–H and O–H groups in total. The highest BCUT2D eigenvalue weighted by Gasteiger charge is 2.11. The maximum atomic E-state index is 12.0. The van der Waals surface area contributed by atoms with E-state index < -0.39 is 5.76 Å². The lowest BCUT2D eigenvalue weighted by atomic mass is 10.2. The summed E-state index contributed by atoms with van der Waals surface area (Å²) in [6.45, 7) is 0.191. The molecule has 3 rings (SSSR count). The molecule has 0 bridgehead atoms.